The molecule has 24 heavy (non-hydrogen) atoms. The Bertz CT molecular complexity index is 751. The summed E-state index contributed by atoms with van der Waals surface area (Å²) >= 11 is 0. The molecular weight excluding hydrogens is 304 g/mol. The lowest BCUT2D eigenvalue weighted by molar-refractivity contribution is 0.0384. The number of hydrogen-bond donors (Lipinski definition) is 2. The van der Waals surface area contributed by atoms with Crippen molar-refractivity contribution < 1.29 is 4.74 Å². The maximum Gasteiger partial charge on any atom is 0.274 e. The van der Waals surface area contributed by atoms with Crippen molar-refractivity contribution in [1.29, 1.82) is 0 Å². The smallest absolute Gasteiger partial charge is 0.274 e. The fourth-order valence-corrected chi connectivity index (χ4v) is 2.99. The Hall–Kier alpha value is -2.31. The number of anilines is 2. The first kappa shape index (κ1) is 16.5. The number of hydrogen-bond acceptors (Lipinski definition) is 5. The van der Waals surface area contributed by atoms with Gasteiger partial charge in [0.1, 0.15) is 0 Å². The first-order valence-electron chi connectivity index (χ1n) is 8.25. The van der Waals surface area contributed by atoms with Crippen molar-refractivity contribution in [3.05, 3.63) is 58.0 Å². The molecule has 0 unspecified atom stereocenters. The lowest BCUT2D eigenvalue weighted by Gasteiger charge is -2.26. The topological polar surface area (TPSA) is 86.5 Å². The SMILES string of the molecule is Nc1cc(N)c(=O)n(Cc2cccc(CCN3CCOCC3)c2)c1. The zero-order valence-corrected chi connectivity index (χ0v) is 13.8. The van der Waals surface area contributed by atoms with E-state index in [9.17, 15) is 4.79 Å². The predicted molar refractivity (Wildman–Crippen MR) is 96.0 cm³/mol. The Morgan fingerprint density at radius 1 is 1.08 bits per heavy atom. The molecule has 0 spiro atoms. The standard InChI is InChI=1S/C18H24N4O2/c19-16-11-17(20)18(23)22(13-16)12-15-3-1-2-14(10-15)4-5-21-6-8-24-9-7-21/h1-3,10-11,13H,4-9,12,19-20H2. The van der Waals surface area contributed by atoms with Crippen LogP contribution in [-0.2, 0) is 17.7 Å². The van der Waals surface area contributed by atoms with Crippen LogP contribution in [0.1, 0.15) is 11.1 Å². The molecule has 6 nitrogen and oxygen atoms in total. The molecule has 128 valence electrons. The largest absolute Gasteiger partial charge is 0.397 e. The molecule has 1 aromatic heterocycles. The van der Waals surface area contributed by atoms with Gasteiger partial charge in [0, 0.05) is 25.8 Å². The maximum atomic E-state index is 12.1. The molecule has 0 atom stereocenters. The number of pyridine rings is 1. The Morgan fingerprint density at radius 2 is 1.83 bits per heavy atom. The predicted octanol–water partition coefficient (Wildman–Crippen LogP) is 0.936. The van der Waals surface area contributed by atoms with E-state index in [0.717, 1.165) is 44.8 Å². The summed E-state index contributed by atoms with van der Waals surface area (Å²) in [5, 5.41) is 0. The van der Waals surface area contributed by atoms with Gasteiger partial charge in [-0.25, -0.2) is 0 Å². The average molecular weight is 328 g/mol. The van der Waals surface area contributed by atoms with Crippen LogP contribution in [0.5, 0.6) is 0 Å². The number of nitrogens with zero attached hydrogens (tertiary/aromatic N) is 2. The molecule has 1 aliphatic rings. The Labute approximate surface area is 141 Å². The normalized spacial score (nSPS) is 15.5. The monoisotopic (exact) mass is 328 g/mol. The van der Waals surface area contributed by atoms with E-state index in [-0.39, 0.29) is 11.2 Å². The summed E-state index contributed by atoms with van der Waals surface area (Å²) in [7, 11) is 0. The highest BCUT2D eigenvalue weighted by atomic mass is 16.5. The minimum atomic E-state index is -0.206. The summed E-state index contributed by atoms with van der Waals surface area (Å²) in [4.78, 5) is 14.5. The van der Waals surface area contributed by atoms with Crippen LogP contribution in [0, 0.1) is 0 Å². The third kappa shape index (κ3) is 4.15. The summed E-state index contributed by atoms with van der Waals surface area (Å²) in [6.07, 6.45) is 2.63. The molecule has 0 aliphatic carbocycles. The summed E-state index contributed by atoms with van der Waals surface area (Å²) in [5.74, 6) is 0. The molecule has 1 aliphatic heterocycles. The Morgan fingerprint density at radius 3 is 2.62 bits per heavy atom. The summed E-state index contributed by atoms with van der Waals surface area (Å²) in [6, 6.07) is 9.82. The van der Waals surface area contributed by atoms with Crippen LogP contribution in [0.25, 0.3) is 0 Å². The van der Waals surface area contributed by atoms with Gasteiger partial charge in [0.15, 0.2) is 0 Å². The van der Waals surface area contributed by atoms with Crippen molar-refractivity contribution in [2.24, 2.45) is 0 Å². The summed E-state index contributed by atoms with van der Waals surface area (Å²) in [6.45, 7) is 5.13. The molecule has 3 rings (SSSR count). The van der Waals surface area contributed by atoms with E-state index >= 15 is 0 Å². The number of benzene rings is 1. The fourth-order valence-electron chi connectivity index (χ4n) is 2.99. The highest BCUT2D eigenvalue weighted by Gasteiger charge is 2.10. The summed E-state index contributed by atoms with van der Waals surface area (Å²) in [5.41, 5.74) is 14.3. The van der Waals surface area contributed by atoms with Crippen molar-refractivity contribution in [2.75, 3.05) is 44.3 Å². The van der Waals surface area contributed by atoms with Gasteiger partial charge in [0.2, 0.25) is 0 Å². The van der Waals surface area contributed by atoms with Gasteiger partial charge in [-0.05, 0) is 23.6 Å². The molecule has 1 saturated heterocycles. The van der Waals surface area contributed by atoms with E-state index in [4.69, 9.17) is 16.2 Å². The molecular formula is C18H24N4O2. The lowest BCUT2D eigenvalue weighted by atomic mass is 10.1. The lowest BCUT2D eigenvalue weighted by Crippen LogP contribution is -2.37. The van der Waals surface area contributed by atoms with E-state index in [1.165, 1.54) is 11.6 Å². The van der Waals surface area contributed by atoms with Crippen molar-refractivity contribution >= 4 is 11.4 Å². The van der Waals surface area contributed by atoms with Gasteiger partial charge < -0.3 is 20.8 Å². The molecule has 4 N–H and O–H groups in total. The average Bonchev–Trinajstić information content (AvgIpc) is 2.59. The minimum Gasteiger partial charge on any atom is -0.397 e. The molecule has 1 fully saturated rings. The molecule has 2 aromatic rings. The van der Waals surface area contributed by atoms with Crippen LogP contribution >= 0.6 is 0 Å². The van der Waals surface area contributed by atoms with Gasteiger partial charge in [-0.3, -0.25) is 9.69 Å². The minimum absolute atomic E-state index is 0.179. The molecule has 2 heterocycles. The number of nitrogens with two attached hydrogens (primary N) is 2. The van der Waals surface area contributed by atoms with Crippen molar-refractivity contribution in [1.82, 2.24) is 9.47 Å². The zero-order chi connectivity index (χ0) is 16.9. The number of nitrogen functional groups attached to an aromatic ring is 2. The zero-order valence-electron chi connectivity index (χ0n) is 13.8. The number of morpholine rings is 1. The first-order valence-corrected chi connectivity index (χ1v) is 8.25. The van der Waals surface area contributed by atoms with Crippen LogP contribution in [0.3, 0.4) is 0 Å². The third-order valence-corrected chi connectivity index (χ3v) is 4.30. The number of rotatable bonds is 5. The Balaban J connectivity index is 1.68. The van der Waals surface area contributed by atoms with Gasteiger partial charge in [-0.2, -0.15) is 0 Å². The second-order valence-electron chi connectivity index (χ2n) is 6.19. The molecule has 0 amide bonds. The van der Waals surface area contributed by atoms with Crippen LogP contribution in [0.15, 0.2) is 41.3 Å². The van der Waals surface area contributed by atoms with Gasteiger partial charge in [-0.1, -0.05) is 24.3 Å². The van der Waals surface area contributed by atoms with E-state index in [2.05, 4.69) is 17.0 Å². The molecule has 1 aromatic carbocycles. The Kier molecular flexibility index (Phi) is 5.17. The van der Waals surface area contributed by atoms with E-state index in [0.29, 0.717) is 12.2 Å². The van der Waals surface area contributed by atoms with Gasteiger partial charge in [0.25, 0.3) is 5.56 Å². The second-order valence-corrected chi connectivity index (χ2v) is 6.19. The summed E-state index contributed by atoms with van der Waals surface area (Å²) < 4.78 is 6.93. The van der Waals surface area contributed by atoms with Crippen molar-refractivity contribution in [2.45, 2.75) is 13.0 Å². The van der Waals surface area contributed by atoms with Gasteiger partial charge in [0.05, 0.1) is 31.1 Å². The molecule has 0 saturated carbocycles. The molecule has 6 heteroatoms. The number of aromatic nitrogens is 1. The van der Waals surface area contributed by atoms with Crippen LogP contribution in [0.4, 0.5) is 11.4 Å². The maximum absolute atomic E-state index is 12.1. The van der Waals surface area contributed by atoms with Crippen molar-refractivity contribution in [3.63, 3.8) is 0 Å². The van der Waals surface area contributed by atoms with Gasteiger partial charge >= 0.3 is 0 Å². The van der Waals surface area contributed by atoms with Crippen LogP contribution in [-0.4, -0.2) is 42.3 Å². The second kappa shape index (κ2) is 7.51. The van der Waals surface area contributed by atoms with Crippen molar-refractivity contribution in [3.8, 4) is 0 Å². The van der Waals surface area contributed by atoms with Crippen LogP contribution < -0.4 is 17.0 Å². The highest BCUT2D eigenvalue weighted by Crippen LogP contribution is 2.11. The van der Waals surface area contributed by atoms with E-state index < -0.39 is 0 Å². The van der Waals surface area contributed by atoms with E-state index in [1.54, 1.807) is 10.8 Å². The molecule has 0 bridgehead atoms. The quantitative estimate of drug-likeness (QED) is 0.853. The third-order valence-electron chi connectivity index (χ3n) is 4.30. The van der Waals surface area contributed by atoms with Crippen LogP contribution in [0.2, 0.25) is 0 Å². The first-order chi connectivity index (χ1) is 11.6. The highest BCUT2D eigenvalue weighted by molar-refractivity contribution is 5.48. The van der Waals surface area contributed by atoms with E-state index in [1.807, 2.05) is 12.1 Å². The van der Waals surface area contributed by atoms with Gasteiger partial charge in [-0.15, -0.1) is 0 Å². The molecule has 0 radical (unpaired) electrons. The number of ether oxygens (including phenoxy) is 1. The fraction of sp³-hybridized carbons (Fsp3) is 0.389.